The standard InChI is InChI=1S/C20H38O2Si/c1-7-23(8-2,9-3)22-17-11-10-14-20(6)16(17)12-13-18(20)19(4,5)15-21/h15-18H,7-14H2,1-6H3/t16?,17-,18?,20-/m0/s1. The lowest BCUT2D eigenvalue weighted by molar-refractivity contribution is -0.121. The van der Waals surface area contributed by atoms with Crippen molar-refractivity contribution < 1.29 is 9.22 Å². The van der Waals surface area contributed by atoms with E-state index in [-0.39, 0.29) is 5.41 Å². The number of hydrogen-bond acceptors (Lipinski definition) is 2. The van der Waals surface area contributed by atoms with Gasteiger partial charge in [0.1, 0.15) is 6.29 Å². The summed E-state index contributed by atoms with van der Waals surface area (Å²) in [6, 6.07) is 3.72. The first-order valence-corrected chi connectivity index (χ1v) is 12.5. The number of fused-ring (bicyclic) bond motifs is 1. The molecule has 0 aliphatic heterocycles. The number of carbonyl (C=O) groups excluding carboxylic acids is 1. The summed E-state index contributed by atoms with van der Waals surface area (Å²) >= 11 is 0. The summed E-state index contributed by atoms with van der Waals surface area (Å²) in [5, 5.41) is 0. The SMILES string of the molecule is CC[Si](CC)(CC)O[C@H]1CCC[C@@]2(C)C1CCC2C(C)(C)C=O. The van der Waals surface area contributed by atoms with Gasteiger partial charge in [-0.05, 0) is 61.1 Å². The van der Waals surface area contributed by atoms with Crippen LogP contribution in [0.3, 0.4) is 0 Å². The van der Waals surface area contributed by atoms with Crippen LogP contribution in [0, 0.1) is 22.7 Å². The van der Waals surface area contributed by atoms with Crippen LogP contribution < -0.4 is 0 Å². The molecule has 0 heterocycles. The van der Waals surface area contributed by atoms with Crippen molar-refractivity contribution in [2.45, 2.75) is 97.9 Å². The molecule has 2 nitrogen and oxygen atoms in total. The van der Waals surface area contributed by atoms with E-state index in [0.717, 1.165) is 0 Å². The van der Waals surface area contributed by atoms with E-state index >= 15 is 0 Å². The molecule has 0 aromatic heterocycles. The van der Waals surface area contributed by atoms with Crippen molar-refractivity contribution in [3.8, 4) is 0 Å². The molecule has 2 saturated carbocycles. The van der Waals surface area contributed by atoms with Gasteiger partial charge < -0.3 is 9.22 Å². The Balaban J connectivity index is 2.22. The molecular formula is C20H38O2Si. The van der Waals surface area contributed by atoms with Crippen LogP contribution in [0.2, 0.25) is 18.1 Å². The Morgan fingerprint density at radius 2 is 1.74 bits per heavy atom. The molecule has 2 unspecified atom stereocenters. The summed E-state index contributed by atoms with van der Waals surface area (Å²) in [6.07, 6.45) is 7.90. The van der Waals surface area contributed by atoms with Crippen molar-refractivity contribution in [3.05, 3.63) is 0 Å². The van der Waals surface area contributed by atoms with Gasteiger partial charge in [0, 0.05) is 11.5 Å². The summed E-state index contributed by atoms with van der Waals surface area (Å²) in [4.78, 5) is 11.7. The maximum absolute atomic E-state index is 11.7. The van der Waals surface area contributed by atoms with Crippen LogP contribution in [-0.4, -0.2) is 20.7 Å². The monoisotopic (exact) mass is 338 g/mol. The fraction of sp³-hybridized carbons (Fsp3) is 0.950. The van der Waals surface area contributed by atoms with Gasteiger partial charge in [0.15, 0.2) is 8.32 Å². The lowest BCUT2D eigenvalue weighted by atomic mass is 9.58. The van der Waals surface area contributed by atoms with Gasteiger partial charge in [-0.1, -0.05) is 48.0 Å². The fourth-order valence-electron chi connectivity index (χ4n) is 5.89. The summed E-state index contributed by atoms with van der Waals surface area (Å²) in [5.41, 5.74) is 0.100. The van der Waals surface area contributed by atoms with Crippen molar-refractivity contribution in [3.63, 3.8) is 0 Å². The summed E-state index contributed by atoms with van der Waals surface area (Å²) in [7, 11) is -1.54. The minimum Gasteiger partial charge on any atom is -0.414 e. The van der Waals surface area contributed by atoms with Crippen LogP contribution >= 0.6 is 0 Å². The molecule has 2 aliphatic carbocycles. The lowest BCUT2D eigenvalue weighted by Crippen LogP contribution is -2.49. The molecule has 134 valence electrons. The first-order chi connectivity index (χ1) is 10.8. The lowest BCUT2D eigenvalue weighted by Gasteiger charge is -2.50. The van der Waals surface area contributed by atoms with Gasteiger partial charge in [-0.2, -0.15) is 0 Å². The van der Waals surface area contributed by atoms with Crippen molar-refractivity contribution in [1.29, 1.82) is 0 Å². The van der Waals surface area contributed by atoms with E-state index in [0.29, 0.717) is 23.4 Å². The zero-order valence-electron chi connectivity index (χ0n) is 16.3. The van der Waals surface area contributed by atoms with Crippen LogP contribution in [0.25, 0.3) is 0 Å². The topological polar surface area (TPSA) is 26.3 Å². The smallest absolute Gasteiger partial charge is 0.192 e. The Morgan fingerprint density at radius 3 is 2.26 bits per heavy atom. The molecule has 0 aromatic rings. The van der Waals surface area contributed by atoms with Crippen molar-refractivity contribution in [2.24, 2.45) is 22.7 Å². The van der Waals surface area contributed by atoms with Crippen molar-refractivity contribution >= 4 is 14.6 Å². The Hall–Kier alpha value is -0.153. The average Bonchev–Trinajstić information content (AvgIpc) is 2.91. The molecule has 0 spiro atoms. The molecule has 2 rings (SSSR count). The fourth-order valence-corrected chi connectivity index (χ4v) is 8.81. The third-order valence-electron chi connectivity index (χ3n) is 7.60. The normalized spacial score (nSPS) is 35.1. The second-order valence-corrected chi connectivity index (χ2v) is 13.7. The van der Waals surface area contributed by atoms with E-state index in [4.69, 9.17) is 4.43 Å². The number of carbonyl (C=O) groups is 1. The van der Waals surface area contributed by atoms with E-state index in [2.05, 4.69) is 41.5 Å². The maximum Gasteiger partial charge on any atom is 0.192 e. The highest BCUT2D eigenvalue weighted by atomic mass is 28.4. The maximum atomic E-state index is 11.7. The third kappa shape index (κ3) is 3.33. The molecule has 23 heavy (non-hydrogen) atoms. The molecule has 3 heteroatoms. The number of hydrogen-bond donors (Lipinski definition) is 0. The number of aldehydes is 1. The predicted octanol–water partition coefficient (Wildman–Crippen LogP) is 5.82. The van der Waals surface area contributed by atoms with Crippen molar-refractivity contribution in [2.75, 3.05) is 0 Å². The molecular weight excluding hydrogens is 300 g/mol. The first-order valence-electron chi connectivity index (χ1n) is 9.92. The zero-order valence-corrected chi connectivity index (χ0v) is 17.3. The Morgan fingerprint density at radius 1 is 1.13 bits per heavy atom. The molecule has 4 atom stereocenters. The Bertz CT molecular complexity index is 408. The van der Waals surface area contributed by atoms with Gasteiger partial charge in [-0.25, -0.2) is 0 Å². The molecule has 0 N–H and O–H groups in total. The van der Waals surface area contributed by atoms with Crippen LogP contribution in [0.5, 0.6) is 0 Å². The summed E-state index contributed by atoms with van der Waals surface area (Å²) in [6.45, 7) is 13.7. The predicted molar refractivity (Wildman–Crippen MR) is 100 cm³/mol. The minimum atomic E-state index is -1.54. The van der Waals surface area contributed by atoms with Gasteiger partial charge in [-0.15, -0.1) is 0 Å². The van der Waals surface area contributed by atoms with E-state index in [1.165, 1.54) is 56.5 Å². The van der Waals surface area contributed by atoms with Gasteiger partial charge in [0.25, 0.3) is 0 Å². The van der Waals surface area contributed by atoms with E-state index in [1.54, 1.807) is 0 Å². The molecule has 0 aromatic carbocycles. The summed E-state index contributed by atoms with van der Waals surface area (Å²) in [5.74, 6) is 1.18. The molecule has 2 aliphatic rings. The zero-order chi connectivity index (χ0) is 17.3. The molecule has 0 amide bonds. The highest BCUT2D eigenvalue weighted by Crippen LogP contribution is 2.60. The van der Waals surface area contributed by atoms with Crippen LogP contribution in [0.1, 0.15) is 73.6 Å². The summed E-state index contributed by atoms with van der Waals surface area (Å²) < 4.78 is 6.95. The van der Waals surface area contributed by atoms with Gasteiger partial charge in [0.05, 0.1) is 0 Å². The molecule has 0 bridgehead atoms. The second kappa shape index (κ2) is 6.99. The quantitative estimate of drug-likeness (QED) is 0.432. The van der Waals surface area contributed by atoms with Crippen molar-refractivity contribution in [1.82, 2.24) is 0 Å². The molecule has 2 fully saturated rings. The minimum absolute atomic E-state index is 0.194. The number of rotatable bonds is 7. The largest absolute Gasteiger partial charge is 0.414 e. The van der Waals surface area contributed by atoms with Gasteiger partial charge in [0.2, 0.25) is 0 Å². The average molecular weight is 339 g/mol. The van der Waals surface area contributed by atoms with E-state index in [9.17, 15) is 4.79 Å². The Kier molecular flexibility index (Phi) is 5.83. The molecule has 0 saturated heterocycles. The van der Waals surface area contributed by atoms with Gasteiger partial charge >= 0.3 is 0 Å². The Labute approximate surface area is 144 Å². The van der Waals surface area contributed by atoms with Gasteiger partial charge in [-0.3, -0.25) is 0 Å². The second-order valence-electron chi connectivity index (χ2n) is 8.97. The van der Waals surface area contributed by atoms with Crippen LogP contribution in [0.4, 0.5) is 0 Å². The van der Waals surface area contributed by atoms with Crippen LogP contribution in [-0.2, 0) is 9.22 Å². The van der Waals surface area contributed by atoms with E-state index < -0.39 is 8.32 Å². The highest BCUT2D eigenvalue weighted by Gasteiger charge is 2.56. The van der Waals surface area contributed by atoms with Crippen LogP contribution in [0.15, 0.2) is 0 Å². The highest BCUT2D eigenvalue weighted by molar-refractivity contribution is 6.73. The first kappa shape index (κ1) is 19.2. The van der Waals surface area contributed by atoms with E-state index in [1.807, 2.05) is 0 Å². The molecule has 0 radical (unpaired) electrons. The third-order valence-corrected chi connectivity index (χ3v) is 12.3.